The van der Waals surface area contributed by atoms with Gasteiger partial charge in [-0.15, -0.1) is 0 Å². The highest BCUT2D eigenvalue weighted by molar-refractivity contribution is 7.92. The summed E-state index contributed by atoms with van der Waals surface area (Å²) in [6.45, 7) is 0.249. The van der Waals surface area contributed by atoms with Crippen molar-refractivity contribution in [3.63, 3.8) is 0 Å². The standard InChI is InChI=1S/C26H31ClN2O6S/c1-34-25-11-9-19(15-26(25)35-2)22(14-18-6-4-5-7-21(18)27)28-16-20(30)12-17-8-10-24(31)23(13-17)29-36(3,32)33/h4-11,13,15,20,22,28-31H,12,14,16H2,1-3H3. The average Bonchev–Trinajstić information content (AvgIpc) is 2.83. The maximum absolute atomic E-state index is 11.6. The summed E-state index contributed by atoms with van der Waals surface area (Å²) < 4.78 is 36.2. The topological polar surface area (TPSA) is 117 Å². The van der Waals surface area contributed by atoms with Crippen molar-refractivity contribution in [1.82, 2.24) is 5.32 Å². The van der Waals surface area contributed by atoms with E-state index in [9.17, 15) is 18.6 Å². The number of halogens is 1. The van der Waals surface area contributed by atoms with Crippen LogP contribution in [0.4, 0.5) is 5.69 Å². The van der Waals surface area contributed by atoms with Gasteiger partial charge in [-0.1, -0.05) is 41.9 Å². The van der Waals surface area contributed by atoms with Crippen molar-refractivity contribution in [2.75, 3.05) is 31.7 Å². The quantitative estimate of drug-likeness (QED) is 0.260. The Bertz CT molecular complexity index is 1290. The normalized spacial score (nSPS) is 13.1. The number of ether oxygens (including phenoxy) is 2. The molecule has 194 valence electrons. The third-order valence-electron chi connectivity index (χ3n) is 5.62. The van der Waals surface area contributed by atoms with Crippen LogP contribution < -0.4 is 19.5 Å². The van der Waals surface area contributed by atoms with Gasteiger partial charge in [0.25, 0.3) is 0 Å². The first-order chi connectivity index (χ1) is 17.1. The van der Waals surface area contributed by atoms with Crippen molar-refractivity contribution in [3.05, 3.63) is 82.4 Å². The number of hydrogen-bond donors (Lipinski definition) is 4. The summed E-state index contributed by atoms with van der Waals surface area (Å²) in [5.41, 5.74) is 2.62. The van der Waals surface area contributed by atoms with Gasteiger partial charge in [-0.25, -0.2) is 8.42 Å². The van der Waals surface area contributed by atoms with Crippen LogP contribution in [-0.2, 0) is 22.9 Å². The molecule has 0 aliphatic rings. The van der Waals surface area contributed by atoms with Crippen LogP contribution >= 0.6 is 11.6 Å². The van der Waals surface area contributed by atoms with Crippen molar-refractivity contribution in [3.8, 4) is 17.2 Å². The highest BCUT2D eigenvalue weighted by atomic mass is 35.5. The Labute approximate surface area is 216 Å². The van der Waals surface area contributed by atoms with Crippen LogP contribution in [-0.4, -0.2) is 51.8 Å². The summed E-state index contributed by atoms with van der Waals surface area (Å²) >= 11 is 6.41. The fraction of sp³-hybridized carbons (Fsp3) is 0.308. The molecule has 2 unspecified atom stereocenters. The molecule has 0 aliphatic heterocycles. The molecule has 0 saturated heterocycles. The number of nitrogens with one attached hydrogen (secondary N) is 2. The van der Waals surface area contributed by atoms with Gasteiger partial charge in [-0.3, -0.25) is 4.72 Å². The van der Waals surface area contributed by atoms with Crippen molar-refractivity contribution in [2.45, 2.75) is 25.0 Å². The van der Waals surface area contributed by atoms with Crippen LogP contribution in [0.15, 0.2) is 60.7 Å². The SMILES string of the molecule is COc1ccc(C(Cc2ccccc2Cl)NCC(O)Cc2ccc(O)c(NS(C)(=O)=O)c2)cc1OC. The van der Waals surface area contributed by atoms with Crippen molar-refractivity contribution >= 4 is 27.3 Å². The number of hydrogen-bond acceptors (Lipinski definition) is 7. The molecular formula is C26H31ClN2O6S. The minimum Gasteiger partial charge on any atom is -0.506 e. The van der Waals surface area contributed by atoms with E-state index in [-0.39, 0.29) is 30.4 Å². The van der Waals surface area contributed by atoms with Gasteiger partial charge in [-0.2, -0.15) is 0 Å². The number of phenols is 1. The Morgan fingerprint density at radius 1 is 0.972 bits per heavy atom. The number of benzene rings is 3. The molecule has 36 heavy (non-hydrogen) atoms. The minimum absolute atomic E-state index is 0.0667. The Kier molecular flexibility index (Phi) is 9.44. The number of aromatic hydroxyl groups is 1. The van der Waals surface area contributed by atoms with Crippen LogP contribution in [0.3, 0.4) is 0 Å². The highest BCUT2D eigenvalue weighted by Crippen LogP contribution is 2.32. The molecule has 0 heterocycles. The second kappa shape index (κ2) is 12.3. The average molecular weight is 535 g/mol. The fourth-order valence-electron chi connectivity index (χ4n) is 3.88. The summed E-state index contributed by atoms with van der Waals surface area (Å²) in [5, 5.41) is 24.8. The summed E-state index contributed by atoms with van der Waals surface area (Å²) in [5.74, 6) is 1.02. The van der Waals surface area contributed by atoms with Crippen molar-refractivity contribution < 1.29 is 28.1 Å². The molecule has 3 aromatic rings. The fourth-order valence-corrected chi connectivity index (χ4v) is 4.65. The van der Waals surface area contributed by atoms with Gasteiger partial charge in [0.1, 0.15) is 5.75 Å². The van der Waals surface area contributed by atoms with Crippen LogP contribution in [0.5, 0.6) is 17.2 Å². The molecule has 4 N–H and O–H groups in total. The molecule has 10 heteroatoms. The van der Waals surface area contributed by atoms with E-state index in [0.717, 1.165) is 17.4 Å². The third-order valence-corrected chi connectivity index (χ3v) is 6.58. The van der Waals surface area contributed by atoms with Gasteiger partial charge in [0.15, 0.2) is 11.5 Å². The lowest BCUT2D eigenvalue weighted by Crippen LogP contribution is -2.32. The van der Waals surface area contributed by atoms with Gasteiger partial charge in [0.05, 0.1) is 32.3 Å². The number of methoxy groups -OCH3 is 2. The van der Waals surface area contributed by atoms with Crippen LogP contribution in [0.1, 0.15) is 22.7 Å². The summed E-state index contributed by atoms with van der Waals surface area (Å²) in [4.78, 5) is 0. The highest BCUT2D eigenvalue weighted by Gasteiger charge is 2.18. The zero-order valence-electron chi connectivity index (χ0n) is 20.4. The maximum Gasteiger partial charge on any atom is 0.229 e. The van der Waals surface area contributed by atoms with Crippen molar-refractivity contribution in [1.29, 1.82) is 0 Å². The van der Waals surface area contributed by atoms with Gasteiger partial charge in [-0.05, 0) is 59.9 Å². The summed E-state index contributed by atoms with van der Waals surface area (Å²) in [6.07, 6.45) is 1.04. The van der Waals surface area contributed by atoms with E-state index in [4.69, 9.17) is 21.1 Å². The van der Waals surface area contributed by atoms with E-state index >= 15 is 0 Å². The van der Waals surface area contributed by atoms with Crippen LogP contribution in [0, 0.1) is 0 Å². The smallest absolute Gasteiger partial charge is 0.229 e. The first-order valence-corrected chi connectivity index (χ1v) is 13.5. The predicted octanol–water partition coefficient (Wildman–Crippen LogP) is 3.91. The Morgan fingerprint density at radius 3 is 2.36 bits per heavy atom. The van der Waals surface area contributed by atoms with Gasteiger partial charge in [0, 0.05) is 17.6 Å². The van der Waals surface area contributed by atoms with Crippen LogP contribution in [0.25, 0.3) is 0 Å². The first-order valence-electron chi connectivity index (χ1n) is 11.3. The zero-order valence-corrected chi connectivity index (χ0v) is 21.9. The molecule has 0 bridgehead atoms. The second-order valence-electron chi connectivity index (χ2n) is 8.45. The molecule has 0 amide bonds. The van der Waals surface area contributed by atoms with Gasteiger partial charge >= 0.3 is 0 Å². The minimum atomic E-state index is -3.56. The lowest BCUT2D eigenvalue weighted by atomic mass is 9.97. The summed E-state index contributed by atoms with van der Waals surface area (Å²) in [6, 6.07) is 17.6. The van der Waals surface area contributed by atoms with Crippen molar-refractivity contribution in [2.24, 2.45) is 0 Å². The third kappa shape index (κ3) is 7.76. The molecule has 8 nitrogen and oxygen atoms in total. The van der Waals surface area contributed by atoms with Crippen LogP contribution in [0.2, 0.25) is 5.02 Å². The van der Waals surface area contributed by atoms with E-state index < -0.39 is 16.1 Å². The number of anilines is 1. The lowest BCUT2D eigenvalue weighted by Gasteiger charge is -2.23. The maximum atomic E-state index is 11.6. The first kappa shape index (κ1) is 27.6. The number of phenolic OH excluding ortho intramolecular Hbond substituents is 1. The molecule has 0 spiro atoms. The van der Waals surface area contributed by atoms with E-state index in [1.54, 1.807) is 20.3 Å². The zero-order chi connectivity index (χ0) is 26.3. The lowest BCUT2D eigenvalue weighted by molar-refractivity contribution is 0.167. The largest absolute Gasteiger partial charge is 0.506 e. The van der Waals surface area contributed by atoms with E-state index in [1.165, 1.54) is 12.1 Å². The Morgan fingerprint density at radius 2 is 1.69 bits per heavy atom. The molecule has 0 aromatic heterocycles. The molecule has 0 fully saturated rings. The number of sulfonamides is 1. The number of rotatable bonds is 12. The second-order valence-corrected chi connectivity index (χ2v) is 10.6. The molecule has 0 aliphatic carbocycles. The van der Waals surface area contributed by atoms with E-state index in [2.05, 4.69) is 10.0 Å². The predicted molar refractivity (Wildman–Crippen MR) is 142 cm³/mol. The molecular weight excluding hydrogens is 504 g/mol. The van der Waals surface area contributed by atoms with E-state index in [0.29, 0.717) is 28.5 Å². The number of aliphatic hydroxyl groups excluding tert-OH is 1. The Balaban J connectivity index is 1.77. The molecule has 0 saturated carbocycles. The molecule has 2 atom stereocenters. The summed E-state index contributed by atoms with van der Waals surface area (Å²) in [7, 11) is -0.403. The Hall–Kier alpha value is -2.98. The van der Waals surface area contributed by atoms with Gasteiger partial charge < -0.3 is 25.0 Å². The molecule has 3 rings (SSSR count). The van der Waals surface area contributed by atoms with E-state index in [1.807, 2.05) is 42.5 Å². The number of aliphatic hydroxyl groups is 1. The monoisotopic (exact) mass is 534 g/mol. The molecule has 0 radical (unpaired) electrons. The van der Waals surface area contributed by atoms with Gasteiger partial charge in [0.2, 0.25) is 10.0 Å². The molecule has 3 aromatic carbocycles.